The van der Waals surface area contributed by atoms with E-state index < -0.39 is 6.09 Å². The minimum Gasteiger partial charge on any atom is -0.465 e. The number of rotatable bonds is 3. The van der Waals surface area contributed by atoms with E-state index in [4.69, 9.17) is 23.2 Å². The molecule has 0 spiro atoms. The summed E-state index contributed by atoms with van der Waals surface area (Å²) in [6.07, 6.45) is 0.838. The molecule has 0 radical (unpaired) electrons. The Morgan fingerprint density at radius 1 is 1.17 bits per heavy atom. The summed E-state index contributed by atoms with van der Waals surface area (Å²) in [6.45, 7) is 1.83. The Hall–Kier alpha value is -1.66. The molecule has 2 aliphatic heterocycles. The van der Waals surface area contributed by atoms with E-state index in [1.807, 2.05) is 0 Å². The first-order chi connectivity index (χ1) is 11.4. The molecule has 2 atom stereocenters. The molecule has 1 aromatic carbocycles. The van der Waals surface area contributed by atoms with Crippen molar-refractivity contribution in [3.05, 3.63) is 28.2 Å². The SMILES string of the molecule is O=C(CNc1cc(Cl)cc(Cl)c1)N1CCC2CCN(C(=O)O)C2C1. The van der Waals surface area contributed by atoms with Gasteiger partial charge in [-0.25, -0.2) is 4.79 Å². The molecule has 2 N–H and O–H groups in total. The highest BCUT2D eigenvalue weighted by atomic mass is 35.5. The predicted octanol–water partition coefficient (Wildman–Crippen LogP) is 3.01. The number of carboxylic acid groups (broad SMARTS) is 1. The number of benzene rings is 1. The first-order valence-electron chi connectivity index (χ1n) is 7.91. The fraction of sp³-hybridized carbons (Fsp3) is 0.500. The molecule has 2 aliphatic rings. The summed E-state index contributed by atoms with van der Waals surface area (Å²) in [6, 6.07) is 4.95. The maximum atomic E-state index is 12.4. The maximum Gasteiger partial charge on any atom is 0.407 e. The summed E-state index contributed by atoms with van der Waals surface area (Å²) in [5, 5.41) is 13.3. The number of nitrogens with zero attached hydrogens (tertiary/aromatic N) is 2. The first-order valence-corrected chi connectivity index (χ1v) is 8.67. The third-order valence-corrected chi connectivity index (χ3v) is 5.20. The van der Waals surface area contributed by atoms with Crippen LogP contribution in [0.4, 0.5) is 10.5 Å². The molecule has 3 rings (SSSR count). The predicted molar refractivity (Wildman–Crippen MR) is 92.8 cm³/mol. The largest absolute Gasteiger partial charge is 0.465 e. The van der Waals surface area contributed by atoms with Crippen LogP contribution >= 0.6 is 23.2 Å². The fourth-order valence-corrected chi connectivity index (χ4v) is 4.08. The van der Waals surface area contributed by atoms with Gasteiger partial charge in [-0.1, -0.05) is 23.2 Å². The van der Waals surface area contributed by atoms with Gasteiger partial charge in [0.05, 0.1) is 12.6 Å². The van der Waals surface area contributed by atoms with Crippen LogP contribution in [0.1, 0.15) is 12.8 Å². The van der Waals surface area contributed by atoms with E-state index in [2.05, 4.69) is 5.32 Å². The zero-order valence-corrected chi connectivity index (χ0v) is 14.6. The van der Waals surface area contributed by atoms with Gasteiger partial charge in [-0.05, 0) is 37.0 Å². The van der Waals surface area contributed by atoms with Crippen molar-refractivity contribution in [3.8, 4) is 0 Å². The monoisotopic (exact) mass is 371 g/mol. The highest BCUT2D eigenvalue weighted by Gasteiger charge is 2.41. The Bertz CT molecular complexity index is 635. The summed E-state index contributed by atoms with van der Waals surface area (Å²) in [5.74, 6) is 0.312. The second-order valence-electron chi connectivity index (χ2n) is 6.23. The van der Waals surface area contributed by atoms with Crippen molar-refractivity contribution in [2.24, 2.45) is 5.92 Å². The van der Waals surface area contributed by atoms with Gasteiger partial charge in [0, 0.05) is 35.4 Å². The number of anilines is 1. The van der Waals surface area contributed by atoms with Crippen LogP contribution in [-0.2, 0) is 4.79 Å². The molecule has 1 aromatic rings. The van der Waals surface area contributed by atoms with Crippen molar-refractivity contribution < 1.29 is 14.7 Å². The van der Waals surface area contributed by atoms with Crippen LogP contribution in [0, 0.1) is 5.92 Å². The van der Waals surface area contributed by atoms with Gasteiger partial charge in [-0.2, -0.15) is 0 Å². The highest BCUT2D eigenvalue weighted by molar-refractivity contribution is 6.35. The number of halogens is 2. The van der Waals surface area contributed by atoms with Crippen molar-refractivity contribution >= 4 is 40.9 Å². The van der Waals surface area contributed by atoms with Gasteiger partial charge >= 0.3 is 6.09 Å². The standard InChI is InChI=1S/C16H19Cl2N3O3/c17-11-5-12(18)7-13(6-11)19-8-15(22)20-3-1-10-2-4-21(16(23)24)14(10)9-20/h5-7,10,14,19H,1-4,8-9H2,(H,23,24). The molecule has 2 saturated heterocycles. The molecular formula is C16H19Cl2N3O3. The number of nitrogens with one attached hydrogen (secondary N) is 1. The molecule has 0 bridgehead atoms. The number of carbonyl (C=O) groups excluding carboxylic acids is 1. The molecular weight excluding hydrogens is 353 g/mol. The zero-order valence-electron chi connectivity index (χ0n) is 13.0. The van der Waals surface area contributed by atoms with Crippen molar-refractivity contribution in [2.75, 3.05) is 31.5 Å². The Balaban J connectivity index is 1.58. The minimum absolute atomic E-state index is 0.0539. The smallest absolute Gasteiger partial charge is 0.407 e. The number of likely N-dealkylation sites (tertiary alicyclic amines) is 2. The molecule has 8 heteroatoms. The molecule has 2 fully saturated rings. The van der Waals surface area contributed by atoms with Gasteiger partial charge in [0.25, 0.3) is 0 Å². The number of hydrogen-bond acceptors (Lipinski definition) is 3. The molecule has 0 saturated carbocycles. The quantitative estimate of drug-likeness (QED) is 0.856. The zero-order chi connectivity index (χ0) is 17.3. The lowest BCUT2D eigenvalue weighted by atomic mass is 9.92. The van der Waals surface area contributed by atoms with Gasteiger partial charge in [0.2, 0.25) is 5.91 Å². The fourth-order valence-electron chi connectivity index (χ4n) is 3.55. The lowest BCUT2D eigenvalue weighted by Crippen LogP contribution is -2.52. The first kappa shape index (κ1) is 17.2. The number of hydrogen-bond donors (Lipinski definition) is 2. The van der Waals surface area contributed by atoms with E-state index in [-0.39, 0.29) is 18.5 Å². The third-order valence-electron chi connectivity index (χ3n) is 4.77. The Morgan fingerprint density at radius 3 is 2.50 bits per heavy atom. The minimum atomic E-state index is -0.900. The summed E-state index contributed by atoms with van der Waals surface area (Å²) in [7, 11) is 0. The number of carbonyl (C=O) groups is 2. The van der Waals surface area contributed by atoms with E-state index in [0.717, 1.165) is 12.8 Å². The highest BCUT2D eigenvalue weighted by Crippen LogP contribution is 2.31. The molecule has 6 nitrogen and oxygen atoms in total. The van der Waals surface area contributed by atoms with Crippen molar-refractivity contribution in [2.45, 2.75) is 18.9 Å². The molecule has 2 heterocycles. The summed E-state index contributed by atoms with van der Waals surface area (Å²) in [4.78, 5) is 26.9. The van der Waals surface area contributed by atoms with Crippen LogP contribution in [0.25, 0.3) is 0 Å². The third kappa shape index (κ3) is 3.70. The van der Waals surface area contributed by atoms with Crippen molar-refractivity contribution in [1.29, 1.82) is 0 Å². The van der Waals surface area contributed by atoms with Crippen LogP contribution in [0.15, 0.2) is 18.2 Å². The van der Waals surface area contributed by atoms with E-state index in [0.29, 0.717) is 41.3 Å². The van der Waals surface area contributed by atoms with Crippen LogP contribution < -0.4 is 5.32 Å². The average Bonchev–Trinajstić information content (AvgIpc) is 2.95. The van der Waals surface area contributed by atoms with Crippen LogP contribution in [0.5, 0.6) is 0 Å². The average molecular weight is 372 g/mol. The van der Waals surface area contributed by atoms with E-state index in [9.17, 15) is 14.7 Å². The Kier molecular flexibility index (Phi) is 5.06. The molecule has 24 heavy (non-hydrogen) atoms. The topological polar surface area (TPSA) is 72.9 Å². The van der Waals surface area contributed by atoms with E-state index >= 15 is 0 Å². The lowest BCUT2D eigenvalue weighted by Gasteiger charge is -2.37. The molecule has 130 valence electrons. The summed E-state index contributed by atoms with van der Waals surface area (Å²) >= 11 is 11.9. The molecule has 2 amide bonds. The van der Waals surface area contributed by atoms with Gasteiger partial charge < -0.3 is 20.2 Å². The molecule has 0 aliphatic carbocycles. The second-order valence-corrected chi connectivity index (χ2v) is 7.11. The van der Waals surface area contributed by atoms with Gasteiger partial charge in [0.1, 0.15) is 0 Å². The molecule has 0 aromatic heterocycles. The second kappa shape index (κ2) is 7.07. The van der Waals surface area contributed by atoms with Crippen LogP contribution in [-0.4, -0.2) is 59.1 Å². The summed E-state index contributed by atoms with van der Waals surface area (Å²) in [5.41, 5.74) is 0.684. The van der Waals surface area contributed by atoms with E-state index in [1.54, 1.807) is 23.1 Å². The lowest BCUT2D eigenvalue weighted by molar-refractivity contribution is -0.131. The number of fused-ring (bicyclic) bond motifs is 1. The van der Waals surface area contributed by atoms with Crippen LogP contribution in [0.2, 0.25) is 10.0 Å². The van der Waals surface area contributed by atoms with Crippen LogP contribution in [0.3, 0.4) is 0 Å². The Morgan fingerprint density at radius 2 is 1.83 bits per heavy atom. The van der Waals surface area contributed by atoms with Gasteiger partial charge in [-0.15, -0.1) is 0 Å². The normalized spacial score (nSPS) is 23.1. The Labute approximate surface area is 150 Å². The van der Waals surface area contributed by atoms with Crippen molar-refractivity contribution in [1.82, 2.24) is 9.80 Å². The number of amides is 2. The van der Waals surface area contributed by atoms with E-state index in [1.165, 1.54) is 4.90 Å². The number of piperidine rings is 1. The maximum absolute atomic E-state index is 12.4. The molecule has 2 unspecified atom stereocenters. The summed E-state index contributed by atoms with van der Waals surface area (Å²) < 4.78 is 0. The van der Waals surface area contributed by atoms with Crippen molar-refractivity contribution in [3.63, 3.8) is 0 Å². The van der Waals surface area contributed by atoms with Gasteiger partial charge in [0.15, 0.2) is 0 Å². The van der Waals surface area contributed by atoms with Gasteiger partial charge in [-0.3, -0.25) is 4.79 Å².